The van der Waals surface area contributed by atoms with Crippen molar-refractivity contribution in [3.63, 3.8) is 0 Å². The summed E-state index contributed by atoms with van der Waals surface area (Å²) < 4.78 is 0. The zero-order valence-electron chi connectivity index (χ0n) is 12.1. The number of benzene rings is 1. The van der Waals surface area contributed by atoms with Crippen molar-refractivity contribution in [1.29, 1.82) is 0 Å². The molecule has 104 valence electrons. The van der Waals surface area contributed by atoms with E-state index in [-0.39, 0.29) is 0 Å². The summed E-state index contributed by atoms with van der Waals surface area (Å²) in [5, 5.41) is 3.45. The van der Waals surface area contributed by atoms with Gasteiger partial charge in [-0.15, -0.1) is 0 Å². The number of nitrogens with zero attached hydrogens (tertiary/aromatic N) is 2. The van der Waals surface area contributed by atoms with Crippen molar-refractivity contribution in [3.8, 4) is 11.4 Å². The average molecular weight is 276 g/mol. The van der Waals surface area contributed by atoms with Gasteiger partial charge in [0.25, 0.3) is 0 Å². The molecule has 4 rings (SSSR count). The number of nitrogens with one attached hydrogen (secondary N) is 2. The first-order chi connectivity index (χ1) is 10.2. The second-order valence-corrected chi connectivity index (χ2v) is 5.57. The first kappa shape index (κ1) is 12.1. The maximum Gasteiger partial charge on any atom is 0.138 e. The summed E-state index contributed by atoms with van der Waals surface area (Å²) in [7, 11) is 0. The summed E-state index contributed by atoms with van der Waals surface area (Å²) in [5.41, 5.74) is 8.31. The maximum atomic E-state index is 4.69. The van der Waals surface area contributed by atoms with Gasteiger partial charge in [0, 0.05) is 35.8 Å². The fourth-order valence-electron chi connectivity index (χ4n) is 2.82. The molecule has 21 heavy (non-hydrogen) atoms. The maximum absolute atomic E-state index is 4.69. The van der Waals surface area contributed by atoms with Crippen LogP contribution in [0, 0.1) is 0 Å². The molecule has 0 radical (unpaired) electrons. The summed E-state index contributed by atoms with van der Waals surface area (Å²) >= 11 is 0. The van der Waals surface area contributed by atoms with Gasteiger partial charge < -0.3 is 10.3 Å². The van der Waals surface area contributed by atoms with Crippen molar-refractivity contribution in [3.05, 3.63) is 47.8 Å². The molecule has 2 aromatic heterocycles. The highest BCUT2D eigenvalue weighted by Gasteiger charge is 2.18. The van der Waals surface area contributed by atoms with Crippen molar-refractivity contribution >= 4 is 22.3 Å². The molecule has 0 amide bonds. The first-order valence-electron chi connectivity index (χ1n) is 7.07. The number of fused-ring (bicyclic) bond motifs is 2. The normalized spacial score (nSPS) is 13.3. The minimum absolute atomic E-state index is 0.884. The Balaban J connectivity index is 1.89. The lowest BCUT2D eigenvalue weighted by molar-refractivity contribution is 1.28. The molecule has 3 aromatic rings. The van der Waals surface area contributed by atoms with Crippen LogP contribution >= 0.6 is 0 Å². The third kappa shape index (κ3) is 1.91. The molecular formula is C17H16N4. The standard InChI is InChI=1S/C17H16N4/c1-10(2)13-9-19-14-8-16-15(7-12(13)14)20-17(21-16)11-3-5-18-6-4-11/h3-8,19H,9H2,1-2H3,(H,20,21). The molecule has 1 aliphatic rings. The van der Waals surface area contributed by atoms with Gasteiger partial charge in [-0.2, -0.15) is 0 Å². The number of imidazole rings is 1. The molecular weight excluding hydrogens is 260 g/mol. The minimum atomic E-state index is 0.884. The second kappa shape index (κ2) is 4.45. The number of pyridine rings is 1. The predicted molar refractivity (Wildman–Crippen MR) is 86.1 cm³/mol. The molecule has 2 N–H and O–H groups in total. The number of anilines is 1. The average Bonchev–Trinajstić information content (AvgIpc) is 3.08. The Hall–Kier alpha value is -2.62. The number of allylic oxidation sites excluding steroid dienone is 1. The van der Waals surface area contributed by atoms with Gasteiger partial charge in [0.1, 0.15) is 5.82 Å². The smallest absolute Gasteiger partial charge is 0.138 e. The van der Waals surface area contributed by atoms with Gasteiger partial charge >= 0.3 is 0 Å². The van der Waals surface area contributed by atoms with Crippen LogP contribution in [0.2, 0.25) is 0 Å². The first-order valence-corrected chi connectivity index (χ1v) is 7.07. The molecule has 0 unspecified atom stereocenters. The van der Waals surface area contributed by atoms with Crippen LogP contribution in [0.25, 0.3) is 28.0 Å². The van der Waals surface area contributed by atoms with Crippen LogP contribution in [0.15, 0.2) is 42.2 Å². The van der Waals surface area contributed by atoms with Crippen LogP contribution < -0.4 is 5.32 Å². The summed E-state index contributed by atoms with van der Waals surface area (Å²) in [6.07, 6.45) is 3.57. The Morgan fingerprint density at radius 2 is 1.95 bits per heavy atom. The van der Waals surface area contributed by atoms with Crippen molar-refractivity contribution in [2.24, 2.45) is 0 Å². The highest BCUT2D eigenvalue weighted by molar-refractivity contribution is 5.94. The summed E-state index contributed by atoms with van der Waals surface area (Å²) in [6.45, 7) is 5.22. The van der Waals surface area contributed by atoms with E-state index in [2.05, 4.69) is 41.3 Å². The summed E-state index contributed by atoms with van der Waals surface area (Å²) in [6, 6.07) is 8.25. The lowest BCUT2D eigenvalue weighted by Gasteiger charge is -2.01. The second-order valence-electron chi connectivity index (χ2n) is 5.57. The fourth-order valence-corrected chi connectivity index (χ4v) is 2.82. The Kier molecular flexibility index (Phi) is 2.57. The van der Waals surface area contributed by atoms with E-state index in [0.717, 1.165) is 29.0 Å². The summed E-state index contributed by atoms with van der Waals surface area (Å²) in [5.74, 6) is 0.884. The van der Waals surface area contributed by atoms with Crippen LogP contribution in [0.5, 0.6) is 0 Å². The number of H-pyrrole nitrogens is 1. The van der Waals surface area contributed by atoms with Crippen LogP contribution in [0.4, 0.5) is 5.69 Å². The van der Waals surface area contributed by atoms with Crippen LogP contribution in [0.1, 0.15) is 19.4 Å². The van der Waals surface area contributed by atoms with E-state index in [1.807, 2.05) is 12.1 Å². The van der Waals surface area contributed by atoms with Crippen molar-refractivity contribution in [2.75, 3.05) is 11.9 Å². The zero-order chi connectivity index (χ0) is 14.4. The number of hydrogen-bond donors (Lipinski definition) is 2. The van der Waals surface area contributed by atoms with Gasteiger partial charge in [0.15, 0.2) is 0 Å². The van der Waals surface area contributed by atoms with Crippen molar-refractivity contribution in [2.45, 2.75) is 13.8 Å². The molecule has 1 aliphatic heterocycles. The van der Waals surface area contributed by atoms with E-state index >= 15 is 0 Å². The quantitative estimate of drug-likeness (QED) is 0.710. The van der Waals surface area contributed by atoms with Crippen molar-refractivity contribution < 1.29 is 0 Å². The number of hydrogen-bond acceptors (Lipinski definition) is 3. The molecule has 0 aliphatic carbocycles. The summed E-state index contributed by atoms with van der Waals surface area (Å²) in [4.78, 5) is 12.1. The highest BCUT2D eigenvalue weighted by Crippen LogP contribution is 2.36. The SMILES string of the molecule is CC(C)=C1CNc2cc3nc(-c4ccncc4)[nH]c3cc21. The van der Waals surface area contributed by atoms with E-state index in [1.54, 1.807) is 12.4 Å². The molecule has 0 bridgehead atoms. The molecule has 0 fully saturated rings. The molecule has 4 nitrogen and oxygen atoms in total. The molecule has 0 saturated carbocycles. The van der Waals surface area contributed by atoms with Crippen LogP contribution in [0.3, 0.4) is 0 Å². The topological polar surface area (TPSA) is 53.6 Å². The van der Waals surface area contributed by atoms with E-state index in [4.69, 9.17) is 4.98 Å². The van der Waals surface area contributed by atoms with Gasteiger partial charge in [-0.25, -0.2) is 4.98 Å². The Morgan fingerprint density at radius 1 is 1.14 bits per heavy atom. The van der Waals surface area contributed by atoms with E-state index < -0.39 is 0 Å². The number of aromatic nitrogens is 3. The lowest BCUT2D eigenvalue weighted by atomic mass is 10.0. The molecule has 0 saturated heterocycles. The number of aromatic amines is 1. The molecule has 0 atom stereocenters. The van der Waals surface area contributed by atoms with Gasteiger partial charge in [0.2, 0.25) is 0 Å². The van der Waals surface area contributed by atoms with Gasteiger partial charge in [0.05, 0.1) is 11.0 Å². The zero-order valence-corrected chi connectivity index (χ0v) is 12.1. The van der Waals surface area contributed by atoms with E-state index in [9.17, 15) is 0 Å². The van der Waals surface area contributed by atoms with E-state index in [1.165, 1.54) is 22.4 Å². The minimum Gasteiger partial charge on any atom is -0.380 e. The molecule has 3 heterocycles. The van der Waals surface area contributed by atoms with Gasteiger partial charge in [-0.1, -0.05) is 5.57 Å². The third-order valence-corrected chi connectivity index (χ3v) is 3.96. The van der Waals surface area contributed by atoms with Crippen LogP contribution in [-0.4, -0.2) is 21.5 Å². The Morgan fingerprint density at radius 3 is 2.71 bits per heavy atom. The van der Waals surface area contributed by atoms with Crippen LogP contribution in [-0.2, 0) is 0 Å². The highest BCUT2D eigenvalue weighted by atomic mass is 14.9. The van der Waals surface area contributed by atoms with Gasteiger partial charge in [-0.05, 0) is 43.7 Å². The monoisotopic (exact) mass is 276 g/mol. The fraction of sp³-hybridized carbons (Fsp3) is 0.176. The Bertz CT molecular complexity index is 855. The third-order valence-electron chi connectivity index (χ3n) is 3.96. The molecule has 0 spiro atoms. The number of rotatable bonds is 1. The largest absolute Gasteiger partial charge is 0.380 e. The Labute approximate surface area is 122 Å². The lowest BCUT2D eigenvalue weighted by Crippen LogP contribution is -1.92. The molecule has 1 aromatic carbocycles. The van der Waals surface area contributed by atoms with E-state index in [0.29, 0.717) is 0 Å². The predicted octanol–water partition coefficient (Wildman–Crippen LogP) is 3.84. The van der Waals surface area contributed by atoms with Crippen molar-refractivity contribution in [1.82, 2.24) is 15.0 Å². The molecule has 4 heteroatoms. The van der Waals surface area contributed by atoms with Gasteiger partial charge in [-0.3, -0.25) is 4.98 Å².